The van der Waals surface area contributed by atoms with Crippen LogP contribution in [0.15, 0.2) is 35.9 Å². The molecule has 0 saturated heterocycles. The van der Waals surface area contributed by atoms with Crippen LogP contribution in [0.25, 0.3) is 0 Å². The van der Waals surface area contributed by atoms with Gasteiger partial charge in [0.1, 0.15) is 5.82 Å². The van der Waals surface area contributed by atoms with Crippen LogP contribution in [-0.4, -0.2) is 12.5 Å². The van der Waals surface area contributed by atoms with E-state index in [4.69, 9.17) is 0 Å². The highest BCUT2D eigenvalue weighted by molar-refractivity contribution is 5.94. The van der Waals surface area contributed by atoms with E-state index >= 15 is 0 Å². The third-order valence-corrected chi connectivity index (χ3v) is 1.89. The smallest absolute Gasteiger partial charge is 0.254 e. The lowest BCUT2D eigenvalue weighted by Crippen LogP contribution is -2.24. The topological polar surface area (TPSA) is 29.1 Å². The minimum Gasteiger partial charge on any atom is -0.348 e. The first kappa shape index (κ1) is 11.4. The predicted molar refractivity (Wildman–Crippen MR) is 58.2 cm³/mol. The number of carbonyl (C=O) groups is 1. The Morgan fingerprint density at radius 3 is 2.67 bits per heavy atom. The summed E-state index contributed by atoms with van der Waals surface area (Å²) in [7, 11) is 0. The highest BCUT2D eigenvalue weighted by atomic mass is 19.1. The fourth-order valence-corrected chi connectivity index (χ4v) is 1.09. The maximum Gasteiger partial charge on any atom is 0.254 e. The van der Waals surface area contributed by atoms with Crippen molar-refractivity contribution >= 4 is 5.91 Å². The number of allylic oxidation sites excluding steroid dienone is 1. The van der Waals surface area contributed by atoms with Gasteiger partial charge in [-0.1, -0.05) is 23.8 Å². The molecule has 0 heterocycles. The van der Waals surface area contributed by atoms with Gasteiger partial charge in [-0.15, -0.1) is 0 Å². The van der Waals surface area contributed by atoms with E-state index in [1.54, 1.807) is 12.1 Å². The van der Waals surface area contributed by atoms with E-state index in [-0.39, 0.29) is 11.5 Å². The second-order valence-corrected chi connectivity index (χ2v) is 3.47. The molecule has 0 fully saturated rings. The molecular weight excluding hydrogens is 193 g/mol. The van der Waals surface area contributed by atoms with E-state index < -0.39 is 5.82 Å². The molecule has 2 nitrogen and oxygen atoms in total. The van der Waals surface area contributed by atoms with Gasteiger partial charge in [-0.05, 0) is 26.0 Å². The largest absolute Gasteiger partial charge is 0.348 e. The molecule has 0 spiro atoms. The Kier molecular flexibility index (Phi) is 4.03. The summed E-state index contributed by atoms with van der Waals surface area (Å²) >= 11 is 0. The van der Waals surface area contributed by atoms with Crippen LogP contribution in [0.3, 0.4) is 0 Å². The quantitative estimate of drug-likeness (QED) is 0.758. The molecule has 3 heteroatoms. The maximum atomic E-state index is 13.1. The Hall–Kier alpha value is -1.64. The third-order valence-electron chi connectivity index (χ3n) is 1.89. The van der Waals surface area contributed by atoms with Crippen molar-refractivity contribution in [3.05, 3.63) is 47.3 Å². The van der Waals surface area contributed by atoms with E-state index in [1.807, 2.05) is 19.9 Å². The van der Waals surface area contributed by atoms with Gasteiger partial charge in [0, 0.05) is 6.54 Å². The van der Waals surface area contributed by atoms with Crippen LogP contribution in [-0.2, 0) is 0 Å². The van der Waals surface area contributed by atoms with Crippen LogP contribution in [0.2, 0.25) is 0 Å². The van der Waals surface area contributed by atoms with Crippen molar-refractivity contribution in [3.8, 4) is 0 Å². The lowest BCUT2D eigenvalue weighted by molar-refractivity contribution is 0.0954. The standard InChI is InChI=1S/C12H14FNO/c1-9(2)7-8-14-12(15)10-5-3-4-6-11(10)13/h3-7H,8H2,1-2H3,(H,14,15). The van der Waals surface area contributed by atoms with E-state index in [9.17, 15) is 9.18 Å². The van der Waals surface area contributed by atoms with Crippen LogP contribution in [0.1, 0.15) is 24.2 Å². The minimum atomic E-state index is -0.493. The van der Waals surface area contributed by atoms with Crippen molar-refractivity contribution in [2.45, 2.75) is 13.8 Å². The average Bonchev–Trinajstić information content (AvgIpc) is 2.17. The van der Waals surface area contributed by atoms with Crippen LogP contribution >= 0.6 is 0 Å². The summed E-state index contributed by atoms with van der Waals surface area (Å²) in [6.45, 7) is 4.31. The first-order valence-corrected chi connectivity index (χ1v) is 4.77. The second kappa shape index (κ2) is 5.29. The number of hydrogen-bond donors (Lipinski definition) is 1. The lowest BCUT2D eigenvalue weighted by Gasteiger charge is -2.03. The van der Waals surface area contributed by atoms with Crippen molar-refractivity contribution in [1.82, 2.24) is 5.32 Å². The van der Waals surface area contributed by atoms with Crippen molar-refractivity contribution in [2.75, 3.05) is 6.54 Å². The molecule has 0 bridgehead atoms. The number of nitrogens with one attached hydrogen (secondary N) is 1. The summed E-state index contributed by atoms with van der Waals surface area (Å²) in [4.78, 5) is 11.5. The maximum absolute atomic E-state index is 13.1. The average molecular weight is 207 g/mol. The van der Waals surface area contributed by atoms with E-state index in [0.717, 1.165) is 5.57 Å². The van der Waals surface area contributed by atoms with Crippen LogP contribution in [0, 0.1) is 5.82 Å². The highest BCUT2D eigenvalue weighted by Gasteiger charge is 2.08. The third kappa shape index (κ3) is 3.54. The fraction of sp³-hybridized carbons (Fsp3) is 0.250. The molecule has 0 unspecified atom stereocenters. The highest BCUT2D eigenvalue weighted by Crippen LogP contribution is 2.05. The molecule has 1 rings (SSSR count). The van der Waals surface area contributed by atoms with Crippen molar-refractivity contribution in [2.24, 2.45) is 0 Å². The van der Waals surface area contributed by atoms with Gasteiger partial charge in [0.15, 0.2) is 0 Å². The second-order valence-electron chi connectivity index (χ2n) is 3.47. The molecule has 1 amide bonds. The van der Waals surface area contributed by atoms with Gasteiger partial charge in [0.05, 0.1) is 5.56 Å². The van der Waals surface area contributed by atoms with Crippen LogP contribution in [0.5, 0.6) is 0 Å². The number of amides is 1. The minimum absolute atomic E-state index is 0.0830. The van der Waals surface area contributed by atoms with Gasteiger partial charge < -0.3 is 5.32 Å². The van der Waals surface area contributed by atoms with Crippen LogP contribution < -0.4 is 5.32 Å². The molecule has 15 heavy (non-hydrogen) atoms. The van der Waals surface area contributed by atoms with Gasteiger partial charge in [-0.25, -0.2) is 4.39 Å². The first-order valence-electron chi connectivity index (χ1n) is 4.77. The molecule has 0 radical (unpaired) electrons. The van der Waals surface area contributed by atoms with E-state index in [0.29, 0.717) is 6.54 Å². The van der Waals surface area contributed by atoms with Crippen molar-refractivity contribution in [1.29, 1.82) is 0 Å². The number of halogens is 1. The Labute approximate surface area is 88.8 Å². The Morgan fingerprint density at radius 1 is 1.40 bits per heavy atom. The summed E-state index contributed by atoms with van der Waals surface area (Å²) in [5.74, 6) is -0.877. The predicted octanol–water partition coefficient (Wildman–Crippen LogP) is 2.52. The number of carbonyl (C=O) groups excluding carboxylic acids is 1. The molecule has 0 atom stereocenters. The summed E-state index contributed by atoms with van der Waals surface area (Å²) in [6, 6.07) is 5.93. The lowest BCUT2D eigenvalue weighted by atomic mass is 10.2. The molecule has 80 valence electrons. The Morgan fingerprint density at radius 2 is 2.07 bits per heavy atom. The molecular formula is C12H14FNO. The SMILES string of the molecule is CC(C)=CCNC(=O)c1ccccc1F. The van der Waals surface area contributed by atoms with Gasteiger partial charge >= 0.3 is 0 Å². The van der Waals surface area contributed by atoms with E-state index in [1.165, 1.54) is 12.1 Å². The van der Waals surface area contributed by atoms with Gasteiger partial charge in [-0.3, -0.25) is 4.79 Å². The Bertz CT molecular complexity index is 381. The molecule has 0 aromatic heterocycles. The number of hydrogen-bond acceptors (Lipinski definition) is 1. The summed E-state index contributed by atoms with van der Waals surface area (Å²) in [6.07, 6.45) is 1.87. The normalized spacial score (nSPS) is 9.53. The van der Waals surface area contributed by atoms with Gasteiger partial charge in [0.25, 0.3) is 5.91 Å². The van der Waals surface area contributed by atoms with Crippen LogP contribution in [0.4, 0.5) is 4.39 Å². The summed E-state index contributed by atoms with van der Waals surface area (Å²) < 4.78 is 13.1. The first-order chi connectivity index (χ1) is 7.11. The van der Waals surface area contributed by atoms with Crippen molar-refractivity contribution in [3.63, 3.8) is 0 Å². The molecule has 1 aromatic carbocycles. The zero-order chi connectivity index (χ0) is 11.3. The monoisotopic (exact) mass is 207 g/mol. The van der Waals surface area contributed by atoms with E-state index in [2.05, 4.69) is 5.32 Å². The molecule has 0 aliphatic carbocycles. The van der Waals surface area contributed by atoms with Gasteiger partial charge in [-0.2, -0.15) is 0 Å². The molecule has 0 aliphatic rings. The summed E-state index contributed by atoms with van der Waals surface area (Å²) in [5.41, 5.74) is 1.20. The number of benzene rings is 1. The fourth-order valence-electron chi connectivity index (χ4n) is 1.09. The summed E-state index contributed by atoms with van der Waals surface area (Å²) in [5, 5.41) is 2.62. The van der Waals surface area contributed by atoms with Gasteiger partial charge in [0.2, 0.25) is 0 Å². The number of rotatable bonds is 3. The zero-order valence-electron chi connectivity index (χ0n) is 8.88. The molecule has 1 N–H and O–H groups in total. The zero-order valence-corrected chi connectivity index (χ0v) is 8.88. The van der Waals surface area contributed by atoms with Crippen molar-refractivity contribution < 1.29 is 9.18 Å². The molecule has 0 saturated carbocycles. The molecule has 0 aliphatic heterocycles. The Balaban J connectivity index is 2.62. The molecule has 1 aromatic rings.